The number of aryl methyl sites for hydroxylation is 1. The molecule has 0 radical (unpaired) electrons. The third kappa shape index (κ3) is 3.65. The lowest BCUT2D eigenvalue weighted by molar-refractivity contribution is 0.242. The minimum absolute atomic E-state index is 0.216. The van der Waals surface area contributed by atoms with E-state index in [9.17, 15) is 0 Å². The molecule has 19 heavy (non-hydrogen) atoms. The molecule has 0 saturated heterocycles. The fourth-order valence-electron chi connectivity index (χ4n) is 2.21. The second-order valence-electron chi connectivity index (χ2n) is 4.74. The summed E-state index contributed by atoms with van der Waals surface area (Å²) >= 11 is 3.45. The van der Waals surface area contributed by atoms with Gasteiger partial charge in [-0.1, -0.05) is 28.1 Å². The van der Waals surface area contributed by atoms with Crippen LogP contribution < -0.4 is 5.73 Å². The summed E-state index contributed by atoms with van der Waals surface area (Å²) in [6.45, 7) is 1.43. The van der Waals surface area contributed by atoms with Crippen LogP contribution in [0.1, 0.15) is 17.2 Å². The highest BCUT2D eigenvalue weighted by Crippen LogP contribution is 2.22. The van der Waals surface area contributed by atoms with Gasteiger partial charge in [0, 0.05) is 42.4 Å². The molecule has 0 fully saturated rings. The molecule has 2 aromatic rings. The van der Waals surface area contributed by atoms with E-state index in [1.54, 1.807) is 0 Å². The minimum Gasteiger partial charge on any atom is -0.329 e. The largest absolute Gasteiger partial charge is 0.329 e. The summed E-state index contributed by atoms with van der Waals surface area (Å²) in [5.74, 6) is 0. The number of halogens is 1. The topological polar surface area (TPSA) is 47.1 Å². The molecule has 2 rings (SSSR count). The van der Waals surface area contributed by atoms with Crippen molar-refractivity contribution in [1.82, 2.24) is 14.7 Å². The van der Waals surface area contributed by atoms with E-state index in [1.165, 1.54) is 11.1 Å². The van der Waals surface area contributed by atoms with Gasteiger partial charge in [-0.3, -0.25) is 9.58 Å². The molecule has 0 saturated carbocycles. The Morgan fingerprint density at radius 3 is 2.58 bits per heavy atom. The van der Waals surface area contributed by atoms with Crippen LogP contribution >= 0.6 is 15.9 Å². The lowest BCUT2D eigenvalue weighted by atomic mass is 10.1. The lowest BCUT2D eigenvalue weighted by Gasteiger charge is -2.27. The number of nitrogens with zero attached hydrogens (tertiary/aromatic N) is 3. The quantitative estimate of drug-likeness (QED) is 0.918. The van der Waals surface area contributed by atoms with Crippen LogP contribution in [0.15, 0.2) is 41.1 Å². The van der Waals surface area contributed by atoms with Gasteiger partial charge in [0.05, 0.1) is 6.20 Å². The molecule has 0 aliphatic carbocycles. The Kier molecular flexibility index (Phi) is 4.74. The molecule has 1 unspecified atom stereocenters. The van der Waals surface area contributed by atoms with Gasteiger partial charge in [-0.2, -0.15) is 5.10 Å². The van der Waals surface area contributed by atoms with Crippen molar-refractivity contribution in [3.63, 3.8) is 0 Å². The standard InChI is InChI=1S/C14H19BrN4/c1-18(9-11-8-17-19(2)10-11)14(7-16)12-3-5-13(15)6-4-12/h3-6,8,10,14H,7,9,16H2,1-2H3. The van der Waals surface area contributed by atoms with Gasteiger partial charge in [0.2, 0.25) is 0 Å². The number of hydrogen-bond acceptors (Lipinski definition) is 3. The molecule has 2 N–H and O–H groups in total. The van der Waals surface area contributed by atoms with Crippen molar-refractivity contribution in [2.75, 3.05) is 13.6 Å². The van der Waals surface area contributed by atoms with Gasteiger partial charge in [-0.05, 0) is 24.7 Å². The Morgan fingerprint density at radius 2 is 2.05 bits per heavy atom. The normalized spacial score (nSPS) is 12.9. The van der Waals surface area contributed by atoms with E-state index < -0.39 is 0 Å². The van der Waals surface area contributed by atoms with Crippen molar-refractivity contribution < 1.29 is 0 Å². The highest BCUT2D eigenvalue weighted by Gasteiger charge is 2.16. The summed E-state index contributed by atoms with van der Waals surface area (Å²) in [5.41, 5.74) is 8.36. The van der Waals surface area contributed by atoms with E-state index in [0.717, 1.165) is 11.0 Å². The first-order valence-corrected chi connectivity index (χ1v) is 7.02. The van der Waals surface area contributed by atoms with Gasteiger partial charge in [0.25, 0.3) is 0 Å². The minimum atomic E-state index is 0.216. The van der Waals surface area contributed by atoms with Gasteiger partial charge in [-0.25, -0.2) is 0 Å². The summed E-state index contributed by atoms with van der Waals surface area (Å²) in [4.78, 5) is 2.25. The zero-order valence-corrected chi connectivity index (χ0v) is 12.8. The smallest absolute Gasteiger partial charge is 0.0534 e. The molecule has 102 valence electrons. The predicted molar refractivity (Wildman–Crippen MR) is 80.6 cm³/mol. The summed E-state index contributed by atoms with van der Waals surface area (Å²) in [7, 11) is 4.02. The van der Waals surface area contributed by atoms with Crippen LogP contribution in [0.3, 0.4) is 0 Å². The first-order chi connectivity index (χ1) is 9.10. The average molecular weight is 323 g/mol. The van der Waals surface area contributed by atoms with Gasteiger partial charge in [0.15, 0.2) is 0 Å². The summed E-state index contributed by atoms with van der Waals surface area (Å²) in [5, 5.41) is 4.19. The molecule has 0 bridgehead atoms. The number of aromatic nitrogens is 2. The molecule has 4 nitrogen and oxygen atoms in total. The first kappa shape index (κ1) is 14.2. The van der Waals surface area contributed by atoms with Gasteiger partial charge in [0.1, 0.15) is 0 Å². The van der Waals surface area contributed by atoms with E-state index in [4.69, 9.17) is 5.73 Å². The Balaban J connectivity index is 2.10. The molecule has 1 aromatic heterocycles. The van der Waals surface area contributed by atoms with Crippen molar-refractivity contribution in [1.29, 1.82) is 0 Å². The van der Waals surface area contributed by atoms with Crippen LogP contribution in [-0.4, -0.2) is 28.3 Å². The third-order valence-corrected chi connectivity index (χ3v) is 3.73. The van der Waals surface area contributed by atoms with Crippen LogP contribution in [0, 0.1) is 0 Å². The van der Waals surface area contributed by atoms with Gasteiger partial charge in [-0.15, -0.1) is 0 Å². The maximum absolute atomic E-state index is 5.93. The maximum atomic E-state index is 5.93. The number of rotatable bonds is 5. The second-order valence-corrected chi connectivity index (χ2v) is 5.66. The molecule has 0 aliphatic rings. The van der Waals surface area contributed by atoms with E-state index in [1.807, 2.05) is 24.1 Å². The Labute approximate surface area is 122 Å². The van der Waals surface area contributed by atoms with Crippen LogP contribution in [0.2, 0.25) is 0 Å². The predicted octanol–water partition coefficient (Wildman–Crippen LogP) is 2.31. The monoisotopic (exact) mass is 322 g/mol. The highest BCUT2D eigenvalue weighted by atomic mass is 79.9. The molecule has 1 aromatic carbocycles. The summed E-state index contributed by atoms with van der Waals surface area (Å²) < 4.78 is 2.90. The van der Waals surface area contributed by atoms with Gasteiger partial charge >= 0.3 is 0 Å². The van der Waals surface area contributed by atoms with E-state index in [2.05, 4.69) is 57.2 Å². The zero-order valence-electron chi connectivity index (χ0n) is 11.3. The van der Waals surface area contributed by atoms with Crippen LogP contribution in [0.5, 0.6) is 0 Å². The fraction of sp³-hybridized carbons (Fsp3) is 0.357. The highest BCUT2D eigenvalue weighted by molar-refractivity contribution is 9.10. The van der Waals surface area contributed by atoms with Crippen molar-refractivity contribution in [2.24, 2.45) is 12.8 Å². The Bertz CT molecular complexity index is 520. The molecule has 0 amide bonds. The zero-order chi connectivity index (χ0) is 13.8. The maximum Gasteiger partial charge on any atom is 0.0534 e. The van der Waals surface area contributed by atoms with E-state index >= 15 is 0 Å². The Hall–Kier alpha value is -1.17. The number of hydrogen-bond donors (Lipinski definition) is 1. The molecular formula is C14H19BrN4. The third-order valence-electron chi connectivity index (χ3n) is 3.20. The summed E-state index contributed by atoms with van der Waals surface area (Å²) in [6.07, 6.45) is 3.93. The van der Waals surface area contributed by atoms with Crippen molar-refractivity contribution in [2.45, 2.75) is 12.6 Å². The fourth-order valence-corrected chi connectivity index (χ4v) is 2.47. The molecule has 0 aliphatic heterocycles. The molecule has 1 heterocycles. The van der Waals surface area contributed by atoms with Crippen LogP contribution in [-0.2, 0) is 13.6 Å². The first-order valence-electron chi connectivity index (χ1n) is 6.23. The van der Waals surface area contributed by atoms with E-state index in [0.29, 0.717) is 6.54 Å². The van der Waals surface area contributed by atoms with Gasteiger partial charge < -0.3 is 5.73 Å². The number of likely N-dealkylation sites (N-methyl/N-ethyl adjacent to an activating group) is 1. The Morgan fingerprint density at radius 1 is 1.37 bits per heavy atom. The molecule has 1 atom stereocenters. The second kappa shape index (κ2) is 6.32. The van der Waals surface area contributed by atoms with Crippen molar-refractivity contribution in [3.8, 4) is 0 Å². The SMILES string of the molecule is CN(Cc1cnn(C)c1)C(CN)c1ccc(Br)cc1. The van der Waals surface area contributed by atoms with Crippen molar-refractivity contribution >= 4 is 15.9 Å². The molecule has 0 spiro atoms. The van der Waals surface area contributed by atoms with Crippen molar-refractivity contribution in [3.05, 3.63) is 52.3 Å². The average Bonchev–Trinajstić information content (AvgIpc) is 2.78. The summed E-state index contributed by atoms with van der Waals surface area (Å²) in [6, 6.07) is 8.54. The molecular weight excluding hydrogens is 304 g/mol. The number of nitrogens with two attached hydrogens (primary N) is 1. The number of benzene rings is 1. The van der Waals surface area contributed by atoms with Crippen LogP contribution in [0.4, 0.5) is 0 Å². The molecule has 5 heteroatoms. The van der Waals surface area contributed by atoms with E-state index in [-0.39, 0.29) is 6.04 Å². The van der Waals surface area contributed by atoms with Crippen LogP contribution in [0.25, 0.3) is 0 Å². The lowest BCUT2D eigenvalue weighted by Crippen LogP contribution is -2.30.